The number of thioether (sulfide) groups is 1. The van der Waals surface area contributed by atoms with Gasteiger partial charge in [-0.05, 0) is 24.6 Å². The van der Waals surface area contributed by atoms with Crippen molar-refractivity contribution in [2.24, 2.45) is 0 Å². The zero-order valence-electron chi connectivity index (χ0n) is 11.1. The van der Waals surface area contributed by atoms with Crippen LogP contribution in [0.15, 0.2) is 29.2 Å². The molecule has 4 nitrogen and oxygen atoms in total. The third-order valence-electron chi connectivity index (χ3n) is 3.18. The van der Waals surface area contributed by atoms with Crippen LogP contribution >= 0.6 is 11.8 Å². The fraction of sp³-hybridized carbons (Fsp3) is 0.538. The van der Waals surface area contributed by atoms with Crippen LogP contribution in [0.5, 0.6) is 0 Å². The summed E-state index contributed by atoms with van der Waals surface area (Å²) in [6.07, 6.45) is -0.661. The largest absolute Gasteiger partial charge is 0.389 e. The molecule has 0 bridgehead atoms. The van der Waals surface area contributed by atoms with Crippen LogP contribution in [0.1, 0.15) is 25.5 Å². The molecule has 2 rings (SSSR count). The third kappa shape index (κ3) is 3.31. The number of benzene rings is 1. The number of nitrogens with zero attached hydrogens (tertiary/aromatic N) is 1. The van der Waals surface area contributed by atoms with Gasteiger partial charge in [-0.2, -0.15) is 16.1 Å². The minimum Gasteiger partial charge on any atom is -0.389 e. The minimum absolute atomic E-state index is 0.269. The Kier molecular flexibility index (Phi) is 4.55. The topological polar surface area (TPSA) is 57.6 Å². The standard InChI is InChI=1S/C13H19NO3S2/c1-10-9-14(6-7-18-10)19(16,17)13-5-3-4-12(8-13)11(2)15/h3-5,8,10-11,15H,6-7,9H2,1-2H3. The zero-order valence-corrected chi connectivity index (χ0v) is 12.7. The van der Waals surface area contributed by atoms with Gasteiger partial charge in [0.25, 0.3) is 0 Å². The monoisotopic (exact) mass is 301 g/mol. The summed E-state index contributed by atoms with van der Waals surface area (Å²) in [5.41, 5.74) is 0.625. The Bertz CT molecular complexity index is 543. The molecule has 1 aliphatic heterocycles. The Morgan fingerprint density at radius 1 is 1.47 bits per heavy atom. The fourth-order valence-corrected chi connectivity index (χ4v) is 4.90. The molecule has 0 aromatic heterocycles. The molecule has 1 heterocycles. The Morgan fingerprint density at radius 3 is 2.84 bits per heavy atom. The van der Waals surface area contributed by atoms with Gasteiger partial charge in [0.05, 0.1) is 11.0 Å². The van der Waals surface area contributed by atoms with Crippen LogP contribution in [-0.4, -0.2) is 41.9 Å². The molecule has 19 heavy (non-hydrogen) atoms. The zero-order chi connectivity index (χ0) is 14.0. The highest BCUT2D eigenvalue weighted by Crippen LogP contribution is 2.25. The quantitative estimate of drug-likeness (QED) is 0.926. The van der Waals surface area contributed by atoms with Crippen LogP contribution in [0.4, 0.5) is 0 Å². The Hall–Kier alpha value is -0.560. The summed E-state index contributed by atoms with van der Waals surface area (Å²) in [5.74, 6) is 0.830. The van der Waals surface area contributed by atoms with E-state index < -0.39 is 16.1 Å². The molecule has 0 amide bonds. The van der Waals surface area contributed by atoms with Crippen LogP contribution in [0.2, 0.25) is 0 Å². The second-order valence-electron chi connectivity index (χ2n) is 4.79. The van der Waals surface area contributed by atoms with Crippen LogP contribution in [0, 0.1) is 0 Å². The van der Waals surface area contributed by atoms with E-state index in [1.807, 2.05) is 6.92 Å². The number of rotatable bonds is 3. The minimum atomic E-state index is -3.44. The van der Waals surface area contributed by atoms with E-state index in [9.17, 15) is 13.5 Å². The van der Waals surface area contributed by atoms with Gasteiger partial charge in [0, 0.05) is 24.1 Å². The van der Waals surface area contributed by atoms with E-state index in [1.165, 1.54) is 4.31 Å². The Balaban J connectivity index is 2.31. The first kappa shape index (κ1) is 14.8. The molecule has 0 aliphatic carbocycles. The maximum Gasteiger partial charge on any atom is 0.243 e. The van der Waals surface area contributed by atoms with Gasteiger partial charge in [0.2, 0.25) is 10.0 Å². The van der Waals surface area contributed by atoms with E-state index in [0.29, 0.717) is 23.9 Å². The predicted molar refractivity (Wildman–Crippen MR) is 77.8 cm³/mol. The van der Waals surface area contributed by atoms with Gasteiger partial charge < -0.3 is 5.11 Å². The lowest BCUT2D eigenvalue weighted by molar-refractivity contribution is 0.199. The van der Waals surface area contributed by atoms with Gasteiger partial charge >= 0.3 is 0 Å². The van der Waals surface area contributed by atoms with Crippen molar-refractivity contribution in [1.29, 1.82) is 0 Å². The fourth-order valence-electron chi connectivity index (χ4n) is 2.09. The van der Waals surface area contributed by atoms with E-state index in [1.54, 1.807) is 43.0 Å². The highest BCUT2D eigenvalue weighted by molar-refractivity contribution is 8.00. The molecule has 1 N–H and O–H groups in total. The molecule has 6 heteroatoms. The van der Waals surface area contributed by atoms with Crippen LogP contribution in [0.3, 0.4) is 0 Å². The number of hydrogen-bond acceptors (Lipinski definition) is 4. The van der Waals surface area contributed by atoms with Crippen molar-refractivity contribution >= 4 is 21.8 Å². The van der Waals surface area contributed by atoms with E-state index in [-0.39, 0.29) is 4.90 Å². The summed E-state index contributed by atoms with van der Waals surface area (Å²) in [7, 11) is -3.44. The van der Waals surface area contributed by atoms with Gasteiger partial charge in [-0.3, -0.25) is 0 Å². The highest BCUT2D eigenvalue weighted by atomic mass is 32.2. The first-order chi connectivity index (χ1) is 8.91. The molecule has 0 radical (unpaired) electrons. The molecule has 106 valence electrons. The lowest BCUT2D eigenvalue weighted by Gasteiger charge is -2.29. The predicted octanol–water partition coefficient (Wildman–Crippen LogP) is 1.87. The number of hydrogen-bond donors (Lipinski definition) is 1. The van der Waals surface area contributed by atoms with Crippen LogP contribution in [-0.2, 0) is 10.0 Å². The summed E-state index contributed by atoms with van der Waals surface area (Å²) in [5, 5.41) is 9.88. The molecule has 2 unspecified atom stereocenters. The lowest BCUT2D eigenvalue weighted by Crippen LogP contribution is -2.40. The summed E-state index contributed by atoms with van der Waals surface area (Å²) in [4.78, 5) is 0.269. The summed E-state index contributed by atoms with van der Waals surface area (Å²) < 4.78 is 26.6. The smallest absolute Gasteiger partial charge is 0.243 e. The molecule has 0 saturated carbocycles. The van der Waals surface area contributed by atoms with E-state index in [0.717, 1.165) is 5.75 Å². The summed E-state index contributed by atoms with van der Waals surface area (Å²) in [6.45, 7) is 4.77. The van der Waals surface area contributed by atoms with Crippen LogP contribution < -0.4 is 0 Å². The maximum atomic E-state index is 12.5. The lowest BCUT2D eigenvalue weighted by atomic mass is 10.1. The average Bonchev–Trinajstić information content (AvgIpc) is 2.39. The van der Waals surface area contributed by atoms with E-state index >= 15 is 0 Å². The normalized spacial score (nSPS) is 23.2. The Morgan fingerprint density at radius 2 is 2.21 bits per heavy atom. The maximum absolute atomic E-state index is 12.5. The molecule has 0 spiro atoms. The van der Waals surface area contributed by atoms with E-state index in [4.69, 9.17) is 0 Å². The Labute approximate surface area is 118 Å². The molecular formula is C13H19NO3S2. The summed E-state index contributed by atoms with van der Waals surface area (Å²) >= 11 is 1.80. The number of aliphatic hydroxyl groups excluding tert-OH is 1. The first-order valence-electron chi connectivity index (χ1n) is 6.31. The highest BCUT2D eigenvalue weighted by Gasteiger charge is 2.29. The molecular weight excluding hydrogens is 282 g/mol. The average molecular weight is 301 g/mol. The van der Waals surface area contributed by atoms with Crippen molar-refractivity contribution in [1.82, 2.24) is 4.31 Å². The van der Waals surface area contributed by atoms with Crippen molar-refractivity contribution in [3.05, 3.63) is 29.8 Å². The van der Waals surface area contributed by atoms with Gasteiger partial charge in [0.1, 0.15) is 0 Å². The van der Waals surface area contributed by atoms with Crippen molar-refractivity contribution < 1.29 is 13.5 Å². The SMILES string of the molecule is CC1CN(S(=O)(=O)c2cccc(C(C)O)c2)CCS1. The van der Waals surface area contributed by atoms with Crippen LogP contribution in [0.25, 0.3) is 0 Å². The second-order valence-corrected chi connectivity index (χ2v) is 8.28. The molecule has 1 aromatic carbocycles. The number of aliphatic hydroxyl groups is 1. The van der Waals surface area contributed by atoms with Crippen molar-refractivity contribution in [3.8, 4) is 0 Å². The molecule has 1 aliphatic rings. The van der Waals surface area contributed by atoms with Gasteiger partial charge in [-0.1, -0.05) is 19.1 Å². The van der Waals surface area contributed by atoms with Crippen molar-refractivity contribution in [2.45, 2.75) is 30.1 Å². The van der Waals surface area contributed by atoms with Crippen molar-refractivity contribution in [3.63, 3.8) is 0 Å². The molecule has 2 atom stereocenters. The summed E-state index contributed by atoms with van der Waals surface area (Å²) in [6, 6.07) is 6.56. The molecule has 1 saturated heterocycles. The molecule has 1 aromatic rings. The molecule has 1 fully saturated rings. The number of sulfonamides is 1. The second kappa shape index (κ2) is 5.83. The van der Waals surface area contributed by atoms with E-state index in [2.05, 4.69) is 0 Å². The third-order valence-corrected chi connectivity index (χ3v) is 6.18. The first-order valence-corrected chi connectivity index (χ1v) is 8.80. The van der Waals surface area contributed by atoms with Gasteiger partial charge in [-0.25, -0.2) is 8.42 Å². The van der Waals surface area contributed by atoms with Gasteiger partial charge in [0.15, 0.2) is 0 Å². The van der Waals surface area contributed by atoms with Crippen molar-refractivity contribution in [2.75, 3.05) is 18.8 Å². The van der Waals surface area contributed by atoms with Gasteiger partial charge in [-0.15, -0.1) is 0 Å².